The summed E-state index contributed by atoms with van der Waals surface area (Å²) in [6, 6.07) is 16.5. The molecule has 0 atom stereocenters. The Morgan fingerprint density at radius 2 is 1.48 bits per heavy atom. The highest BCUT2D eigenvalue weighted by molar-refractivity contribution is 7.80. The van der Waals surface area contributed by atoms with E-state index >= 15 is 0 Å². The summed E-state index contributed by atoms with van der Waals surface area (Å²) in [6.45, 7) is 7.05. The number of aryl methyl sites for hydroxylation is 2. The number of rotatable bonds is 4. The van der Waals surface area contributed by atoms with Crippen LogP contribution in [0.3, 0.4) is 0 Å². The first-order chi connectivity index (χ1) is 10.1. The molecule has 0 aliphatic rings. The van der Waals surface area contributed by atoms with Gasteiger partial charge in [-0.1, -0.05) is 35.4 Å². The van der Waals surface area contributed by atoms with Crippen LogP contribution in [0.1, 0.15) is 18.1 Å². The Kier molecular flexibility index (Phi) is 5.17. The molecule has 0 saturated heterocycles. The van der Waals surface area contributed by atoms with Crippen LogP contribution in [0.5, 0.6) is 0 Å². The number of benzene rings is 2. The maximum absolute atomic E-state index is 5.37. The lowest BCUT2D eigenvalue weighted by Gasteiger charge is -2.25. The summed E-state index contributed by atoms with van der Waals surface area (Å²) in [7, 11) is 0. The molecule has 2 aromatic rings. The van der Waals surface area contributed by atoms with E-state index in [0.717, 1.165) is 17.9 Å². The minimum absolute atomic E-state index is 0.585. The first-order valence-electron chi connectivity index (χ1n) is 7.07. The SMILES string of the molecule is CCN(NC(=S)Nc1ccc(C)cc1)c1ccc(C)cc1. The van der Waals surface area contributed by atoms with E-state index in [1.54, 1.807) is 0 Å². The fourth-order valence-corrected chi connectivity index (χ4v) is 2.20. The average Bonchev–Trinajstić information content (AvgIpc) is 2.48. The Hall–Kier alpha value is -2.07. The highest BCUT2D eigenvalue weighted by atomic mass is 32.1. The second kappa shape index (κ2) is 7.09. The van der Waals surface area contributed by atoms with Crippen molar-refractivity contribution in [2.24, 2.45) is 0 Å². The Labute approximate surface area is 132 Å². The number of anilines is 2. The quantitative estimate of drug-likeness (QED) is 0.658. The minimum Gasteiger partial charge on any atom is -0.331 e. The molecule has 0 fully saturated rings. The molecule has 0 radical (unpaired) electrons. The van der Waals surface area contributed by atoms with Crippen LogP contribution in [-0.4, -0.2) is 11.7 Å². The molecule has 0 heterocycles. The molecule has 0 spiro atoms. The monoisotopic (exact) mass is 299 g/mol. The van der Waals surface area contributed by atoms with Gasteiger partial charge in [-0.25, -0.2) is 0 Å². The molecule has 21 heavy (non-hydrogen) atoms. The maximum atomic E-state index is 5.37. The van der Waals surface area contributed by atoms with Crippen molar-refractivity contribution in [2.75, 3.05) is 16.9 Å². The molecule has 4 heteroatoms. The van der Waals surface area contributed by atoms with Crippen LogP contribution >= 0.6 is 12.2 Å². The van der Waals surface area contributed by atoms with Crippen molar-refractivity contribution in [3.05, 3.63) is 59.7 Å². The smallest absolute Gasteiger partial charge is 0.189 e. The van der Waals surface area contributed by atoms with Gasteiger partial charge in [-0.2, -0.15) is 0 Å². The molecule has 0 bridgehead atoms. The molecule has 2 rings (SSSR count). The van der Waals surface area contributed by atoms with Gasteiger partial charge in [0, 0.05) is 12.2 Å². The van der Waals surface area contributed by atoms with E-state index in [4.69, 9.17) is 12.2 Å². The summed E-state index contributed by atoms with van der Waals surface area (Å²) < 4.78 is 0. The lowest BCUT2D eigenvalue weighted by Crippen LogP contribution is -2.44. The molecule has 0 aliphatic carbocycles. The third-order valence-electron chi connectivity index (χ3n) is 3.21. The van der Waals surface area contributed by atoms with Gasteiger partial charge in [-0.15, -0.1) is 0 Å². The lowest BCUT2D eigenvalue weighted by atomic mass is 10.2. The largest absolute Gasteiger partial charge is 0.331 e. The number of hydrazine groups is 1. The van der Waals surface area contributed by atoms with E-state index in [-0.39, 0.29) is 0 Å². The van der Waals surface area contributed by atoms with Gasteiger partial charge in [0.15, 0.2) is 5.11 Å². The second-order valence-corrected chi connectivity index (χ2v) is 5.42. The van der Waals surface area contributed by atoms with Crippen LogP contribution in [0.2, 0.25) is 0 Å². The molecule has 0 aliphatic heterocycles. The van der Waals surface area contributed by atoms with E-state index in [9.17, 15) is 0 Å². The van der Waals surface area contributed by atoms with E-state index < -0.39 is 0 Å². The first-order valence-corrected chi connectivity index (χ1v) is 7.48. The van der Waals surface area contributed by atoms with E-state index in [1.807, 2.05) is 17.1 Å². The van der Waals surface area contributed by atoms with Gasteiger partial charge < -0.3 is 5.32 Å². The topological polar surface area (TPSA) is 27.3 Å². The van der Waals surface area contributed by atoms with Gasteiger partial charge in [-0.05, 0) is 57.3 Å². The van der Waals surface area contributed by atoms with Crippen LogP contribution in [0.25, 0.3) is 0 Å². The van der Waals surface area contributed by atoms with E-state index in [1.165, 1.54) is 11.1 Å². The predicted molar refractivity (Wildman–Crippen MR) is 94.7 cm³/mol. The number of hydrogen-bond donors (Lipinski definition) is 2. The molecule has 0 aromatic heterocycles. The van der Waals surface area contributed by atoms with E-state index in [2.05, 4.69) is 67.9 Å². The highest BCUT2D eigenvalue weighted by Crippen LogP contribution is 2.13. The number of nitrogens with one attached hydrogen (secondary N) is 2. The Morgan fingerprint density at radius 3 is 2.00 bits per heavy atom. The predicted octanol–water partition coefficient (Wildman–Crippen LogP) is 4.03. The Bertz CT molecular complexity index is 590. The Balaban J connectivity index is 1.99. The van der Waals surface area contributed by atoms with Crippen LogP contribution in [0, 0.1) is 13.8 Å². The van der Waals surface area contributed by atoms with Gasteiger partial charge in [0.1, 0.15) is 0 Å². The number of hydrogen-bond acceptors (Lipinski definition) is 2. The maximum Gasteiger partial charge on any atom is 0.189 e. The normalized spacial score (nSPS) is 10.0. The van der Waals surface area contributed by atoms with Crippen LogP contribution in [0.4, 0.5) is 11.4 Å². The summed E-state index contributed by atoms with van der Waals surface area (Å²) in [6.07, 6.45) is 0. The average molecular weight is 299 g/mol. The number of thiocarbonyl (C=S) groups is 1. The summed E-state index contributed by atoms with van der Waals surface area (Å²) in [5, 5.41) is 5.80. The second-order valence-electron chi connectivity index (χ2n) is 5.01. The van der Waals surface area contributed by atoms with Gasteiger partial charge in [0.05, 0.1) is 5.69 Å². The van der Waals surface area contributed by atoms with Crippen LogP contribution < -0.4 is 15.8 Å². The zero-order valence-electron chi connectivity index (χ0n) is 12.7. The van der Waals surface area contributed by atoms with Crippen molar-refractivity contribution in [2.45, 2.75) is 20.8 Å². The van der Waals surface area contributed by atoms with Crippen molar-refractivity contribution in [1.82, 2.24) is 5.43 Å². The van der Waals surface area contributed by atoms with Crippen molar-refractivity contribution < 1.29 is 0 Å². The first kappa shape index (κ1) is 15.3. The van der Waals surface area contributed by atoms with Gasteiger partial charge in [-0.3, -0.25) is 10.4 Å². The summed E-state index contributed by atoms with van der Waals surface area (Å²) in [5.41, 5.74) is 7.77. The molecular weight excluding hydrogens is 278 g/mol. The van der Waals surface area contributed by atoms with Gasteiger partial charge >= 0.3 is 0 Å². The third kappa shape index (κ3) is 4.46. The van der Waals surface area contributed by atoms with Crippen molar-refractivity contribution in [1.29, 1.82) is 0 Å². The third-order valence-corrected chi connectivity index (χ3v) is 3.40. The molecular formula is C17H21N3S. The van der Waals surface area contributed by atoms with E-state index in [0.29, 0.717) is 5.11 Å². The molecule has 110 valence electrons. The Morgan fingerprint density at radius 1 is 0.952 bits per heavy atom. The zero-order chi connectivity index (χ0) is 15.2. The fraction of sp³-hybridized carbons (Fsp3) is 0.235. The van der Waals surface area contributed by atoms with Crippen LogP contribution in [-0.2, 0) is 0 Å². The highest BCUT2D eigenvalue weighted by Gasteiger charge is 2.06. The molecule has 0 saturated carbocycles. The fourth-order valence-electron chi connectivity index (χ4n) is 1.97. The summed E-state index contributed by atoms with van der Waals surface area (Å²) >= 11 is 5.37. The number of nitrogens with zero attached hydrogens (tertiary/aromatic N) is 1. The van der Waals surface area contributed by atoms with Gasteiger partial charge in [0.2, 0.25) is 0 Å². The molecule has 3 nitrogen and oxygen atoms in total. The van der Waals surface area contributed by atoms with Crippen molar-refractivity contribution in [3.8, 4) is 0 Å². The minimum atomic E-state index is 0.585. The summed E-state index contributed by atoms with van der Waals surface area (Å²) in [5.74, 6) is 0. The molecule has 2 aromatic carbocycles. The molecule has 2 N–H and O–H groups in total. The lowest BCUT2D eigenvalue weighted by molar-refractivity contribution is 0.800. The van der Waals surface area contributed by atoms with Crippen LogP contribution in [0.15, 0.2) is 48.5 Å². The van der Waals surface area contributed by atoms with Crippen molar-refractivity contribution >= 4 is 28.7 Å². The zero-order valence-corrected chi connectivity index (χ0v) is 13.5. The molecule has 0 unspecified atom stereocenters. The standard InChI is InChI=1S/C17H21N3S/c1-4-20(16-11-7-14(3)8-12-16)19-17(21)18-15-9-5-13(2)6-10-15/h5-12H,4H2,1-3H3,(H2,18,19,21). The summed E-state index contributed by atoms with van der Waals surface area (Å²) in [4.78, 5) is 0. The molecule has 0 amide bonds. The van der Waals surface area contributed by atoms with Gasteiger partial charge in [0.25, 0.3) is 0 Å². The van der Waals surface area contributed by atoms with Crippen molar-refractivity contribution in [3.63, 3.8) is 0 Å².